The third kappa shape index (κ3) is 3.72. The molecule has 7 heteroatoms. The SMILES string of the molecule is Nc1ncccc1NCc1cc(NC(=O)c2cc3ccccc3o2)ccn1. The van der Waals surface area contributed by atoms with E-state index in [1.54, 1.807) is 36.7 Å². The van der Waals surface area contributed by atoms with Crippen molar-refractivity contribution in [3.8, 4) is 0 Å². The highest BCUT2D eigenvalue weighted by atomic mass is 16.3. The van der Waals surface area contributed by atoms with Gasteiger partial charge in [-0.3, -0.25) is 9.78 Å². The predicted molar refractivity (Wildman–Crippen MR) is 104 cm³/mol. The van der Waals surface area contributed by atoms with E-state index in [2.05, 4.69) is 20.6 Å². The minimum Gasteiger partial charge on any atom is -0.451 e. The van der Waals surface area contributed by atoms with E-state index in [1.165, 1.54) is 0 Å². The van der Waals surface area contributed by atoms with Crippen molar-refractivity contribution in [2.45, 2.75) is 6.54 Å². The standard InChI is InChI=1S/C20H17N5O2/c21-19-16(5-3-8-23-19)24-12-15-11-14(7-9-22-15)25-20(26)18-10-13-4-1-2-6-17(13)27-18/h1-11,24H,12H2,(H2,21,23)(H,22,25,26). The van der Waals surface area contributed by atoms with E-state index in [9.17, 15) is 4.79 Å². The molecule has 4 aromatic rings. The van der Waals surface area contributed by atoms with Gasteiger partial charge in [-0.1, -0.05) is 18.2 Å². The summed E-state index contributed by atoms with van der Waals surface area (Å²) in [4.78, 5) is 20.8. The van der Waals surface area contributed by atoms with Crippen molar-refractivity contribution < 1.29 is 9.21 Å². The summed E-state index contributed by atoms with van der Waals surface area (Å²) in [5.41, 5.74) is 8.61. The summed E-state index contributed by atoms with van der Waals surface area (Å²) in [6.45, 7) is 0.449. The number of furan rings is 1. The van der Waals surface area contributed by atoms with Crippen molar-refractivity contribution in [1.82, 2.24) is 9.97 Å². The number of nitrogen functional groups attached to an aromatic ring is 1. The van der Waals surface area contributed by atoms with E-state index in [0.717, 1.165) is 16.8 Å². The summed E-state index contributed by atoms with van der Waals surface area (Å²) >= 11 is 0. The molecule has 134 valence electrons. The zero-order valence-corrected chi connectivity index (χ0v) is 14.3. The molecule has 0 fully saturated rings. The van der Waals surface area contributed by atoms with E-state index in [1.807, 2.05) is 30.3 Å². The number of anilines is 3. The molecular formula is C20H17N5O2. The molecule has 0 saturated carbocycles. The number of para-hydroxylation sites is 1. The monoisotopic (exact) mass is 359 g/mol. The van der Waals surface area contributed by atoms with Gasteiger partial charge in [-0.05, 0) is 36.4 Å². The summed E-state index contributed by atoms with van der Waals surface area (Å²) in [5, 5.41) is 6.90. The van der Waals surface area contributed by atoms with Crippen LogP contribution in [0.1, 0.15) is 16.2 Å². The lowest BCUT2D eigenvalue weighted by Gasteiger charge is -2.09. The van der Waals surface area contributed by atoms with Gasteiger partial charge < -0.3 is 20.8 Å². The minimum absolute atomic E-state index is 0.260. The molecule has 7 nitrogen and oxygen atoms in total. The average Bonchev–Trinajstić information content (AvgIpc) is 3.12. The van der Waals surface area contributed by atoms with Crippen LogP contribution in [-0.4, -0.2) is 15.9 Å². The second-order valence-corrected chi connectivity index (χ2v) is 5.93. The largest absolute Gasteiger partial charge is 0.451 e. The molecule has 3 aromatic heterocycles. The lowest BCUT2D eigenvalue weighted by atomic mass is 10.2. The first-order valence-electron chi connectivity index (χ1n) is 8.38. The molecule has 0 bridgehead atoms. The highest BCUT2D eigenvalue weighted by Gasteiger charge is 2.12. The number of carbonyl (C=O) groups excluding carboxylic acids is 1. The fourth-order valence-corrected chi connectivity index (χ4v) is 2.69. The molecule has 3 heterocycles. The zero-order chi connectivity index (χ0) is 18.6. The van der Waals surface area contributed by atoms with Crippen molar-refractivity contribution in [2.24, 2.45) is 0 Å². The molecule has 0 aliphatic rings. The smallest absolute Gasteiger partial charge is 0.291 e. The highest BCUT2D eigenvalue weighted by molar-refractivity contribution is 6.04. The number of aromatic nitrogens is 2. The van der Waals surface area contributed by atoms with Crippen LogP contribution in [0, 0.1) is 0 Å². The Labute approximate surface area is 155 Å². The Morgan fingerprint density at radius 3 is 2.78 bits per heavy atom. The summed E-state index contributed by atoms with van der Waals surface area (Å²) in [5.74, 6) is 0.371. The first-order valence-corrected chi connectivity index (χ1v) is 8.38. The number of amides is 1. The van der Waals surface area contributed by atoms with Crippen molar-refractivity contribution in [2.75, 3.05) is 16.4 Å². The first kappa shape index (κ1) is 16.6. The van der Waals surface area contributed by atoms with Crippen LogP contribution in [-0.2, 0) is 6.54 Å². The molecule has 0 radical (unpaired) electrons. The van der Waals surface area contributed by atoms with Gasteiger partial charge >= 0.3 is 0 Å². The number of nitrogens with two attached hydrogens (primary N) is 1. The van der Waals surface area contributed by atoms with Crippen molar-refractivity contribution in [3.05, 3.63) is 78.4 Å². The van der Waals surface area contributed by atoms with Gasteiger partial charge in [0.15, 0.2) is 5.76 Å². The van der Waals surface area contributed by atoms with E-state index in [0.29, 0.717) is 23.6 Å². The van der Waals surface area contributed by atoms with Gasteiger partial charge in [-0.2, -0.15) is 0 Å². The maximum absolute atomic E-state index is 12.5. The lowest BCUT2D eigenvalue weighted by Crippen LogP contribution is -2.12. The van der Waals surface area contributed by atoms with Crippen LogP contribution in [0.3, 0.4) is 0 Å². The number of nitrogens with zero attached hydrogens (tertiary/aromatic N) is 2. The third-order valence-electron chi connectivity index (χ3n) is 4.02. The van der Waals surface area contributed by atoms with E-state index >= 15 is 0 Å². The fraction of sp³-hybridized carbons (Fsp3) is 0.0500. The van der Waals surface area contributed by atoms with Crippen LogP contribution < -0.4 is 16.4 Å². The number of hydrogen-bond acceptors (Lipinski definition) is 6. The number of hydrogen-bond donors (Lipinski definition) is 3. The Hall–Kier alpha value is -3.87. The highest BCUT2D eigenvalue weighted by Crippen LogP contribution is 2.20. The molecule has 0 atom stereocenters. The predicted octanol–water partition coefficient (Wildman–Crippen LogP) is 3.67. The normalized spacial score (nSPS) is 10.7. The molecule has 0 spiro atoms. The summed E-state index contributed by atoms with van der Waals surface area (Å²) in [6.07, 6.45) is 3.27. The maximum atomic E-state index is 12.5. The zero-order valence-electron chi connectivity index (χ0n) is 14.3. The molecule has 0 unspecified atom stereocenters. The second kappa shape index (κ2) is 7.17. The van der Waals surface area contributed by atoms with Gasteiger partial charge in [0, 0.05) is 23.5 Å². The second-order valence-electron chi connectivity index (χ2n) is 5.93. The average molecular weight is 359 g/mol. The Morgan fingerprint density at radius 1 is 1.04 bits per heavy atom. The lowest BCUT2D eigenvalue weighted by molar-refractivity contribution is 0.0998. The Morgan fingerprint density at radius 2 is 1.93 bits per heavy atom. The number of carbonyl (C=O) groups is 1. The topological polar surface area (TPSA) is 106 Å². The van der Waals surface area contributed by atoms with Crippen LogP contribution >= 0.6 is 0 Å². The Kier molecular flexibility index (Phi) is 4.40. The Balaban J connectivity index is 1.45. The van der Waals surface area contributed by atoms with Crippen molar-refractivity contribution in [1.29, 1.82) is 0 Å². The summed E-state index contributed by atoms with van der Waals surface area (Å²) in [7, 11) is 0. The van der Waals surface area contributed by atoms with Crippen LogP contribution in [0.4, 0.5) is 17.2 Å². The van der Waals surface area contributed by atoms with Crippen molar-refractivity contribution >= 4 is 34.1 Å². The van der Waals surface area contributed by atoms with Gasteiger partial charge in [0.25, 0.3) is 5.91 Å². The number of nitrogens with one attached hydrogen (secondary N) is 2. The molecule has 4 rings (SSSR count). The quantitative estimate of drug-likeness (QED) is 0.502. The van der Waals surface area contributed by atoms with E-state index in [4.69, 9.17) is 10.2 Å². The fourth-order valence-electron chi connectivity index (χ4n) is 2.69. The maximum Gasteiger partial charge on any atom is 0.291 e. The Bertz CT molecular complexity index is 1070. The molecule has 0 aliphatic carbocycles. The number of rotatable bonds is 5. The van der Waals surface area contributed by atoms with Gasteiger partial charge in [-0.15, -0.1) is 0 Å². The number of pyridine rings is 2. The van der Waals surface area contributed by atoms with Gasteiger partial charge in [-0.25, -0.2) is 4.98 Å². The molecule has 4 N–H and O–H groups in total. The summed E-state index contributed by atoms with van der Waals surface area (Å²) < 4.78 is 5.59. The number of benzene rings is 1. The first-order chi connectivity index (χ1) is 13.2. The van der Waals surface area contributed by atoms with Crippen LogP contribution in [0.5, 0.6) is 0 Å². The third-order valence-corrected chi connectivity index (χ3v) is 4.02. The van der Waals surface area contributed by atoms with E-state index < -0.39 is 0 Å². The van der Waals surface area contributed by atoms with E-state index in [-0.39, 0.29) is 11.7 Å². The minimum atomic E-state index is -0.312. The molecule has 27 heavy (non-hydrogen) atoms. The molecular weight excluding hydrogens is 342 g/mol. The van der Waals surface area contributed by atoms with Crippen LogP contribution in [0.15, 0.2) is 71.4 Å². The molecule has 0 aliphatic heterocycles. The number of fused-ring (bicyclic) bond motifs is 1. The van der Waals surface area contributed by atoms with Gasteiger partial charge in [0.05, 0.1) is 17.9 Å². The van der Waals surface area contributed by atoms with Crippen LogP contribution in [0.2, 0.25) is 0 Å². The van der Waals surface area contributed by atoms with Gasteiger partial charge in [0.1, 0.15) is 11.4 Å². The van der Waals surface area contributed by atoms with Gasteiger partial charge in [0.2, 0.25) is 0 Å². The molecule has 0 saturated heterocycles. The van der Waals surface area contributed by atoms with Crippen molar-refractivity contribution in [3.63, 3.8) is 0 Å². The summed E-state index contributed by atoms with van der Waals surface area (Å²) in [6, 6.07) is 16.4. The molecule has 1 amide bonds. The van der Waals surface area contributed by atoms with Crippen LogP contribution in [0.25, 0.3) is 11.0 Å². The molecule has 1 aromatic carbocycles.